The van der Waals surface area contributed by atoms with E-state index in [4.69, 9.17) is 4.74 Å². The van der Waals surface area contributed by atoms with Crippen LogP contribution in [0.4, 0.5) is 5.69 Å². The molecule has 3 aromatic rings. The van der Waals surface area contributed by atoms with Gasteiger partial charge in [-0.25, -0.2) is 4.98 Å². The summed E-state index contributed by atoms with van der Waals surface area (Å²) in [5, 5.41) is 15.6. The van der Waals surface area contributed by atoms with Gasteiger partial charge in [-0.1, -0.05) is 12.1 Å². The molecule has 3 rings (SSSR count). The van der Waals surface area contributed by atoms with Gasteiger partial charge in [-0.15, -0.1) is 11.3 Å². The van der Waals surface area contributed by atoms with E-state index in [9.17, 15) is 9.90 Å². The highest BCUT2D eigenvalue weighted by atomic mass is 32.1. The Balaban J connectivity index is 1.81. The van der Waals surface area contributed by atoms with Crippen LogP contribution >= 0.6 is 11.3 Å². The Hall–Kier alpha value is -2.86. The molecule has 0 unspecified atom stereocenters. The van der Waals surface area contributed by atoms with Crippen molar-refractivity contribution in [3.63, 3.8) is 0 Å². The summed E-state index contributed by atoms with van der Waals surface area (Å²) < 4.78 is 4.98. The number of hydrogen-bond acceptors (Lipinski definition) is 5. The number of aryl methyl sites for hydroxylation is 1. The SMILES string of the molecule is COc1ccc(C(=O)Nc2cccc(-c3csc(C)n3)c2)cc1O. The lowest BCUT2D eigenvalue weighted by molar-refractivity contribution is 0.102. The number of nitrogens with zero attached hydrogens (tertiary/aromatic N) is 1. The first-order valence-electron chi connectivity index (χ1n) is 7.28. The van der Waals surface area contributed by atoms with Crippen molar-refractivity contribution in [1.82, 2.24) is 4.98 Å². The summed E-state index contributed by atoms with van der Waals surface area (Å²) in [7, 11) is 1.46. The molecule has 0 saturated carbocycles. The smallest absolute Gasteiger partial charge is 0.255 e. The van der Waals surface area contributed by atoms with Gasteiger partial charge in [0, 0.05) is 22.2 Å². The molecule has 2 N–H and O–H groups in total. The number of phenolic OH excluding ortho intramolecular Hbond substituents is 1. The molecule has 6 heteroatoms. The van der Waals surface area contributed by atoms with E-state index in [-0.39, 0.29) is 11.7 Å². The Morgan fingerprint density at radius 1 is 1.25 bits per heavy atom. The third-order valence-electron chi connectivity index (χ3n) is 3.48. The number of methoxy groups -OCH3 is 1. The fourth-order valence-corrected chi connectivity index (χ4v) is 2.91. The maximum atomic E-state index is 12.3. The van der Waals surface area contributed by atoms with Crippen LogP contribution < -0.4 is 10.1 Å². The fraction of sp³-hybridized carbons (Fsp3) is 0.111. The van der Waals surface area contributed by atoms with Crippen LogP contribution in [0.3, 0.4) is 0 Å². The van der Waals surface area contributed by atoms with Gasteiger partial charge in [0.1, 0.15) is 0 Å². The summed E-state index contributed by atoms with van der Waals surface area (Å²) in [5.41, 5.74) is 2.84. The van der Waals surface area contributed by atoms with Crippen molar-refractivity contribution in [2.24, 2.45) is 0 Å². The molecule has 0 saturated heterocycles. The normalized spacial score (nSPS) is 10.4. The summed E-state index contributed by atoms with van der Waals surface area (Å²) in [6, 6.07) is 12.0. The zero-order valence-electron chi connectivity index (χ0n) is 13.2. The Morgan fingerprint density at radius 3 is 2.75 bits per heavy atom. The lowest BCUT2D eigenvalue weighted by Gasteiger charge is -2.08. The van der Waals surface area contributed by atoms with Crippen LogP contribution in [-0.2, 0) is 0 Å². The molecule has 0 aliphatic rings. The summed E-state index contributed by atoms with van der Waals surface area (Å²) in [6.45, 7) is 1.95. The van der Waals surface area contributed by atoms with Gasteiger partial charge >= 0.3 is 0 Å². The van der Waals surface area contributed by atoms with Crippen molar-refractivity contribution < 1.29 is 14.6 Å². The molecule has 0 radical (unpaired) electrons. The number of nitrogens with one attached hydrogen (secondary N) is 1. The van der Waals surface area contributed by atoms with E-state index < -0.39 is 0 Å². The molecular formula is C18H16N2O3S. The van der Waals surface area contributed by atoms with Crippen LogP contribution in [0.25, 0.3) is 11.3 Å². The molecule has 0 aliphatic carbocycles. The van der Waals surface area contributed by atoms with Gasteiger partial charge in [0.15, 0.2) is 11.5 Å². The first-order valence-corrected chi connectivity index (χ1v) is 8.15. The number of thiazole rings is 1. The first-order chi connectivity index (χ1) is 11.6. The Labute approximate surface area is 143 Å². The molecule has 5 nitrogen and oxygen atoms in total. The third kappa shape index (κ3) is 3.38. The van der Waals surface area contributed by atoms with E-state index in [0.29, 0.717) is 17.0 Å². The van der Waals surface area contributed by atoms with Crippen LogP contribution in [0.5, 0.6) is 11.5 Å². The van der Waals surface area contributed by atoms with Crippen LogP contribution in [0, 0.1) is 6.92 Å². The maximum Gasteiger partial charge on any atom is 0.255 e. The van der Waals surface area contributed by atoms with Crippen LogP contribution in [0.1, 0.15) is 15.4 Å². The Bertz CT molecular complexity index is 889. The Kier molecular flexibility index (Phi) is 4.48. The number of carbonyl (C=O) groups is 1. The number of amides is 1. The molecule has 1 aromatic heterocycles. The predicted octanol–water partition coefficient (Wildman–Crippen LogP) is 4.09. The zero-order valence-corrected chi connectivity index (χ0v) is 14.1. The van der Waals surface area contributed by atoms with Crippen molar-refractivity contribution in [1.29, 1.82) is 0 Å². The predicted molar refractivity (Wildman–Crippen MR) is 94.9 cm³/mol. The molecule has 24 heavy (non-hydrogen) atoms. The quantitative estimate of drug-likeness (QED) is 0.750. The maximum absolute atomic E-state index is 12.3. The highest BCUT2D eigenvalue weighted by molar-refractivity contribution is 7.09. The van der Waals surface area contributed by atoms with Gasteiger partial charge in [-0.2, -0.15) is 0 Å². The molecule has 0 aliphatic heterocycles. The average molecular weight is 340 g/mol. The van der Waals surface area contributed by atoms with E-state index in [1.165, 1.54) is 13.2 Å². The second-order valence-electron chi connectivity index (χ2n) is 5.17. The van der Waals surface area contributed by atoms with Crippen molar-refractivity contribution in [3.8, 4) is 22.8 Å². The van der Waals surface area contributed by atoms with Crippen molar-refractivity contribution in [2.45, 2.75) is 6.92 Å². The number of aromatic nitrogens is 1. The van der Waals surface area contributed by atoms with Gasteiger partial charge in [0.05, 0.1) is 17.8 Å². The summed E-state index contributed by atoms with van der Waals surface area (Å²) in [6.07, 6.45) is 0. The number of aromatic hydroxyl groups is 1. The molecule has 122 valence electrons. The highest BCUT2D eigenvalue weighted by Crippen LogP contribution is 2.27. The lowest BCUT2D eigenvalue weighted by atomic mass is 10.1. The zero-order chi connectivity index (χ0) is 17.1. The second-order valence-corrected chi connectivity index (χ2v) is 6.24. The van der Waals surface area contributed by atoms with Crippen molar-refractivity contribution in [3.05, 3.63) is 58.4 Å². The molecule has 0 atom stereocenters. The van der Waals surface area contributed by atoms with E-state index >= 15 is 0 Å². The number of carbonyl (C=O) groups excluding carboxylic acids is 1. The van der Waals surface area contributed by atoms with Gasteiger partial charge in [0.2, 0.25) is 0 Å². The average Bonchev–Trinajstić information content (AvgIpc) is 3.01. The van der Waals surface area contributed by atoms with Gasteiger partial charge in [0.25, 0.3) is 5.91 Å². The minimum Gasteiger partial charge on any atom is -0.504 e. The third-order valence-corrected chi connectivity index (χ3v) is 4.25. The van der Waals surface area contributed by atoms with Crippen molar-refractivity contribution in [2.75, 3.05) is 12.4 Å². The van der Waals surface area contributed by atoms with Crippen LogP contribution in [0.2, 0.25) is 0 Å². The lowest BCUT2D eigenvalue weighted by Crippen LogP contribution is -2.11. The number of phenols is 1. The van der Waals surface area contributed by atoms with E-state index in [1.807, 2.05) is 36.6 Å². The first kappa shape index (κ1) is 16.0. The fourth-order valence-electron chi connectivity index (χ4n) is 2.29. The summed E-state index contributed by atoms with van der Waals surface area (Å²) in [5.74, 6) is -0.0520. The number of rotatable bonds is 4. The summed E-state index contributed by atoms with van der Waals surface area (Å²) in [4.78, 5) is 16.8. The molecule has 0 fully saturated rings. The number of benzene rings is 2. The monoisotopic (exact) mass is 340 g/mol. The number of anilines is 1. The van der Waals surface area contributed by atoms with E-state index in [0.717, 1.165) is 16.3 Å². The topological polar surface area (TPSA) is 71.5 Å². The number of hydrogen-bond donors (Lipinski definition) is 2. The minimum atomic E-state index is -0.306. The van der Waals surface area contributed by atoms with Gasteiger partial charge < -0.3 is 15.2 Å². The molecule has 1 amide bonds. The van der Waals surface area contributed by atoms with Gasteiger partial charge in [-0.3, -0.25) is 4.79 Å². The highest BCUT2D eigenvalue weighted by Gasteiger charge is 2.11. The van der Waals surface area contributed by atoms with Crippen molar-refractivity contribution >= 4 is 22.9 Å². The molecular weight excluding hydrogens is 324 g/mol. The van der Waals surface area contributed by atoms with Crippen LogP contribution in [-0.4, -0.2) is 23.1 Å². The molecule has 2 aromatic carbocycles. The second kappa shape index (κ2) is 6.72. The number of ether oxygens (including phenoxy) is 1. The summed E-state index contributed by atoms with van der Waals surface area (Å²) >= 11 is 1.58. The molecule has 0 bridgehead atoms. The standard InChI is InChI=1S/C18H16N2O3S/c1-11-19-15(10-24-11)12-4-3-5-14(8-12)20-18(22)13-6-7-17(23-2)16(21)9-13/h3-10,21H,1-2H3,(H,20,22). The van der Waals surface area contributed by atoms with Gasteiger partial charge in [-0.05, 0) is 37.3 Å². The minimum absolute atomic E-state index is 0.0724. The molecule has 1 heterocycles. The van der Waals surface area contributed by atoms with E-state index in [2.05, 4.69) is 10.3 Å². The Morgan fingerprint density at radius 2 is 2.08 bits per heavy atom. The largest absolute Gasteiger partial charge is 0.504 e. The van der Waals surface area contributed by atoms with E-state index in [1.54, 1.807) is 23.5 Å². The van der Waals surface area contributed by atoms with Crippen LogP contribution in [0.15, 0.2) is 47.8 Å². The molecule has 0 spiro atoms.